The second-order valence-corrected chi connectivity index (χ2v) is 25.8. The molecule has 1 unspecified atom stereocenters. The molecule has 0 aromatic carbocycles. The maximum absolute atomic E-state index is 12.9. The van der Waals surface area contributed by atoms with Crippen LogP contribution in [0.5, 0.6) is 0 Å². The molecule has 5 aliphatic rings. The number of nitrogens with one attached hydrogen (secondary N) is 3. The third-order valence-electron chi connectivity index (χ3n) is 12.0. The van der Waals surface area contributed by atoms with Crippen molar-refractivity contribution in [2.24, 2.45) is 0 Å². The first-order chi connectivity index (χ1) is 39.0. The van der Waals surface area contributed by atoms with E-state index in [1.807, 2.05) is 0 Å². The van der Waals surface area contributed by atoms with Gasteiger partial charge in [-0.2, -0.15) is 73.1 Å². The zero-order valence-corrected chi connectivity index (χ0v) is 47.1. The highest BCUT2D eigenvalue weighted by Crippen LogP contribution is 2.38. The smallest absolute Gasteiger partial charge is 0.397 e. The summed E-state index contributed by atoms with van der Waals surface area (Å²) >= 11 is 0. The summed E-state index contributed by atoms with van der Waals surface area (Å²) in [6.07, 6.45) is -62.5. The van der Waals surface area contributed by atoms with Crippen LogP contribution in [-0.4, -0.2) is 327 Å². The van der Waals surface area contributed by atoms with Crippen LogP contribution >= 0.6 is 0 Å². The van der Waals surface area contributed by atoms with E-state index in [0.29, 0.717) is 0 Å². The zero-order chi connectivity index (χ0) is 65.5. The molecule has 0 amide bonds. The molecule has 20 N–H and O–H groups in total. The Bertz CT molecular complexity index is 3190. The molecule has 0 aromatic heterocycles. The molecule has 5 aliphatic heterocycles. The number of rotatable bonds is 27. The number of aliphatic hydroxyl groups is 8. The van der Waals surface area contributed by atoms with E-state index in [-0.39, 0.29) is 0 Å². The molecule has 5 rings (SSSR count). The van der Waals surface area contributed by atoms with Crippen LogP contribution in [-0.2, 0) is 141 Å². The van der Waals surface area contributed by atoms with Crippen LogP contribution in [0.1, 0.15) is 0 Å². The predicted octanol–water partition coefficient (Wildman–Crippen LogP) is -14.2. The second-order valence-electron chi connectivity index (χ2n) is 18.0. The van der Waals surface area contributed by atoms with Crippen LogP contribution in [0.4, 0.5) is 0 Å². The predicted molar refractivity (Wildman–Crippen MR) is 247 cm³/mol. The normalized spacial score (nSPS) is 40.0. The van der Waals surface area contributed by atoms with Crippen LogP contribution in [0.25, 0.3) is 0 Å². The number of hydrogen-bond donors (Lipinski definition) is 20. The van der Waals surface area contributed by atoms with Gasteiger partial charge in [0.1, 0.15) is 104 Å². The van der Waals surface area contributed by atoms with Gasteiger partial charge < -0.3 is 93.7 Å². The molecular formula is C30H51N3O46S7. The van der Waals surface area contributed by atoms with Crippen molar-refractivity contribution in [2.45, 2.75) is 153 Å². The van der Waals surface area contributed by atoms with E-state index in [1.165, 1.54) is 9.44 Å². The largest absolute Gasteiger partial charge is 0.479 e. The van der Waals surface area contributed by atoms with Gasteiger partial charge in [-0.25, -0.2) is 26.3 Å². The number of hydrogen-bond acceptors (Lipinski definition) is 37. The molecule has 49 nitrogen and oxygen atoms in total. The van der Waals surface area contributed by atoms with Crippen molar-refractivity contribution < 1.29 is 211 Å². The Hall–Kier alpha value is -2.65. The number of carbonyl (C=O) groups is 2. The fourth-order valence-electron chi connectivity index (χ4n) is 8.66. The summed E-state index contributed by atoms with van der Waals surface area (Å²) in [6, 6.07) is -8.17. The summed E-state index contributed by atoms with van der Waals surface area (Å²) < 4.78 is 303. The van der Waals surface area contributed by atoms with E-state index in [2.05, 4.69) is 16.7 Å². The minimum absolute atomic E-state index is 1.12. The van der Waals surface area contributed by atoms with Crippen molar-refractivity contribution in [3.8, 4) is 0 Å². The highest BCUT2D eigenvalue weighted by atomic mass is 32.3. The summed E-state index contributed by atoms with van der Waals surface area (Å²) in [6.45, 7) is -4.82. The molecule has 56 heteroatoms. The van der Waals surface area contributed by atoms with Gasteiger partial charge in [0.05, 0.1) is 19.8 Å². The van der Waals surface area contributed by atoms with E-state index in [9.17, 15) is 147 Å². The molecule has 504 valence electrons. The van der Waals surface area contributed by atoms with E-state index < -0.39 is 258 Å². The lowest BCUT2D eigenvalue weighted by atomic mass is 9.94. The average molecular weight is 1410 g/mol. The topological polar surface area (TPSA) is 773 Å². The second kappa shape index (κ2) is 28.1. The first-order valence-corrected chi connectivity index (χ1v) is 32.3. The SMILES string of the molecule is O=C(O)[C@H]1O[C@@H](O[C@H]2[C@H](OS(=O)(=O)O)[C@@H](NS(=O)(=O)O)[C@@H](O[C@H]3[C@H](O)[C@@H](OS(=O)(=O)O)[C@H](O[C@H]4[C@H](O)[C@@H](NS(=O)(=O)O)C(O)O[C@@H]4CO)O[C@H]3C(=O)O)O[C@@H]2COS(=O)(=O)O)[C@H](O)[C@@H](O)[C@@H]1O[C@H]1O[C@H](COS(=O)(=O)O)[C@@H](O)[C@H](O)[C@H]1NS(=O)(=O)O. The molecule has 0 radical (unpaired) electrons. The van der Waals surface area contributed by atoms with Crippen molar-refractivity contribution in [3.05, 3.63) is 0 Å². The molecule has 0 bridgehead atoms. The molecule has 5 heterocycles. The summed E-state index contributed by atoms with van der Waals surface area (Å²) in [7, 11) is -40.7. The number of aliphatic carboxylic acids is 2. The minimum atomic E-state index is -6.31. The van der Waals surface area contributed by atoms with Crippen LogP contribution in [0.2, 0.25) is 0 Å². The van der Waals surface area contributed by atoms with Gasteiger partial charge in [0, 0.05) is 0 Å². The number of carboxylic acids is 2. The van der Waals surface area contributed by atoms with E-state index in [0.717, 1.165) is 4.72 Å². The molecule has 0 aromatic rings. The lowest BCUT2D eigenvalue weighted by Crippen LogP contribution is -2.71. The summed E-state index contributed by atoms with van der Waals surface area (Å²) in [4.78, 5) is 25.6. The Kier molecular flexibility index (Phi) is 24.2. The van der Waals surface area contributed by atoms with Gasteiger partial charge in [-0.3, -0.25) is 31.9 Å². The average Bonchev–Trinajstić information content (AvgIpc) is 0.822. The van der Waals surface area contributed by atoms with Gasteiger partial charge in [-0.1, -0.05) is 0 Å². The van der Waals surface area contributed by atoms with Gasteiger partial charge >= 0.3 is 84.4 Å². The van der Waals surface area contributed by atoms with Gasteiger partial charge in [-0.15, -0.1) is 0 Å². The van der Waals surface area contributed by atoms with E-state index in [4.69, 9.17) is 47.2 Å². The Morgan fingerprint density at radius 2 is 0.779 bits per heavy atom. The lowest BCUT2D eigenvalue weighted by Gasteiger charge is -2.50. The van der Waals surface area contributed by atoms with Crippen LogP contribution in [0.3, 0.4) is 0 Å². The van der Waals surface area contributed by atoms with Crippen molar-refractivity contribution in [1.29, 1.82) is 0 Å². The van der Waals surface area contributed by atoms with Crippen molar-refractivity contribution in [1.82, 2.24) is 14.2 Å². The van der Waals surface area contributed by atoms with Gasteiger partial charge in [-0.05, 0) is 0 Å². The standard InChI is InChI=1S/C30H51N3O46S7/c34-1-4-16(12(37)7(26(45)69-4)31-80(46,47)48)72-30-21(79-86(64,65)66)15(40)20(23(77-30)25(43)44)75-28-9(33-82(52,53)54)18(78-85(61,62)63)17(6(71-28)3-68-84(58,59)60)73-29-14(39)13(38)19(22(76-29)24(41)42)74-27-8(32-81(49,50)51)11(36)10(35)5(70-27)2-67-83(55,56)57/h4-23,26-40,45H,1-3H2,(H,41,42)(H,43,44)(H,46,47,48)(H,49,50,51)(H,52,53,54)(H,55,56,57)(H,58,59,60)(H,61,62,63)(H,64,65,66)/t4-,5-,6-,7-,8-,9-,10-,11-,12-,13-,14-,15+,16-,17-,18-,19+,20+,21-,22+,23-,26?,27-,28-,29-,30-/m1/s1. The van der Waals surface area contributed by atoms with Crippen molar-refractivity contribution >= 4 is 84.4 Å². The molecular weight excluding hydrogens is 1360 g/mol. The Balaban J connectivity index is 1.58. The molecule has 5 saturated heterocycles. The van der Waals surface area contributed by atoms with Crippen molar-refractivity contribution in [3.63, 3.8) is 0 Å². The summed E-state index contributed by atoms with van der Waals surface area (Å²) in [5.41, 5.74) is 0. The van der Waals surface area contributed by atoms with Crippen LogP contribution < -0.4 is 14.2 Å². The van der Waals surface area contributed by atoms with Gasteiger partial charge in [0.25, 0.3) is 0 Å². The minimum Gasteiger partial charge on any atom is -0.479 e. The highest BCUT2D eigenvalue weighted by molar-refractivity contribution is 7.84. The van der Waals surface area contributed by atoms with E-state index >= 15 is 0 Å². The zero-order valence-electron chi connectivity index (χ0n) is 41.4. The number of carboxylic acid groups (broad SMARTS) is 2. The quantitative estimate of drug-likeness (QED) is 0.0340. The molecule has 25 atom stereocenters. The Morgan fingerprint density at radius 1 is 0.372 bits per heavy atom. The molecule has 5 fully saturated rings. The van der Waals surface area contributed by atoms with E-state index in [1.54, 1.807) is 0 Å². The molecule has 0 spiro atoms. The first-order valence-electron chi connectivity index (χ1n) is 22.5. The first kappa shape index (κ1) is 74.1. The number of aliphatic hydroxyl groups excluding tert-OH is 8. The number of ether oxygens (including phenoxy) is 9. The highest BCUT2D eigenvalue weighted by Gasteiger charge is 2.61. The monoisotopic (exact) mass is 1410 g/mol. The molecule has 86 heavy (non-hydrogen) atoms. The summed E-state index contributed by atoms with van der Waals surface area (Å²) in [5, 5.41) is 107. The molecule has 0 aliphatic carbocycles. The van der Waals surface area contributed by atoms with Crippen LogP contribution in [0, 0.1) is 0 Å². The molecule has 0 saturated carbocycles. The third kappa shape index (κ3) is 20.4. The lowest BCUT2D eigenvalue weighted by molar-refractivity contribution is -0.372. The van der Waals surface area contributed by atoms with Gasteiger partial charge in [0.2, 0.25) is 0 Å². The maximum Gasteiger partial charge on any atom is 0.397 e. The Labute approximate surface area is 480 Å². The van der Waals surface area contributed by atoms with Crippen LogP contribution in [0.15, 0.2) is 0 Å². The maximum atomic E-state index is 12.9. The summed E-state index contributed by atoms with van der Waals surface area (Å²) in [5.74, 6) is -4.83. The van der Waals surface area contributed by atoms with Gasteiger partial charge in [0.15, 0.2) is 49.8 Å². The Morgan fingerprint density at radius 3 is 1.24 bits per heavy atom. The fourth-order valence-corrected chi connectivity index (χ4v) is 12.0. The third-order valence-corrected chi connectivity index (χ3v) is 15.5. The fraction of sp³-hybridized carbons (Fsp3) is 0.933. The van der Waals surface area contributed by atoms with Crippen molar-refractivity contribution in [2.75, 3.05) is 19.8 Å².